The molecule has 0 aromatic heterocycles. The summed E-state index contributed by atoms with van der Waals surface area (Å²) in [6.45, 7) is 12.5. The van der Waals surface area contributed by atoms with Gasteiger partial charge >= 0.3 is 18.0 Å². The van der Waals surface area contributed by atoms with Crippen LogP contribution in [0.2, 0.25) is 0 Å². The van der Waals surface area contributed by atoms with Crippen LogP contribution in [-0.2, 0) is 23.8 Å². The third-order valence-electron chi connectivity index (χ3n) is 6.72. The van der Waals surface area contributed by atoms with E-state index in [-0.39, 0.29) is 36.2 Å². The Hall–Kier alpha value is -2.61. The molecule has 0 radical (unpaired) electrons. The minimum atomic E-state index is -1.25. The number of carbonyl (C=O) groups is 3. The Balaban J connectivity index is 2.13. The Morgan fingerprint density at radius 1 is 1.28 bits per heavy atom. The van der Waals surface area contributed by atoms with Crippen LogP contribution in [0.4, 0.5) is 4.79 Å². The lowest BCUT2D eigenvalue weighted by Gasteiger charge is -2.32. The normalized spacial score (nSPS) is 31.9. The first-order chi connectivity index (χ1) is 16.9. The lowest BCUT2D eigenvalue weighted by molar-refractivity contribution is -0.156. The van der Waals surface area contributed by atoms with Gasteiger partial charge in [0.2, 0.25) is 0 Å². The van der Waals surface area contributed by atoms with Gasteiger partial charge in [-0.2, -0.15) is 0 Å². The predicted molar refractivity (Wildman–Crippen MR) is 137 cm³/mol. The van der Waals surface area contributed by atoms with E-state index in [9.17, 15) is 19.5 Å². The van der Waals surface area contributed by atoms with E-state index in [1.54, 1.807) is 17.9 Å². The molecule has 1 N–H and O–H groups in total. The summed E-state index contributed by atoms with van der Waals surface area (Å²) in [7, 11) is 0. The van der Waals surface area contributed by atoms with Gasteiger partial charge in [0.1, 0.15) is 17.8 Å². The molecule has 8 nitrogen and oxygen atoms in total. The summed E-state index contributed by atoms with van der Waals surface area (Å²) in [6.07, 6.45) is 9.88. The number of hydrogen-bond donors (Lipinski definition) is 1. The third-order valence-corrected chi connectivity index (χ3v) is 6.72. The van der Waals surface area contributed by atoms with Gasteiger partial charge in [-0.3, -0.25) is 9.59 Å². The highest BCUT2D eigenvalue weighted by Gasteiger charge is 2.34. The summed E-state index contributed by atoms with van der Waals surface area (Å²) in [5.41, 5.74) is -0.403. The number of nitrogens with zero attached hydrogens (tertiary/aromatic N) is 1. The predicted octanol–water partition coefficient (Wildman–Crippen LogP) is 4.57. The molecule has 0 bridgehead atoms. The maximum absolute atomic E-state index is 12.7. The maximum atomic E-state index is 12.7. The average molecular weight is 506 g/mol. The van der Waals surface area contributed by atoms with Crippen molar-refractivity contribution in [2.45, 2.75) is 85.0 Å². The van der Waals surface area contributed by atoms with Crippen molar-refractivity contribution in [2.75, 3.05) is 19.7 Å². The van der Waals surface area contributed by atoms with E-state index >= 15 is 0 Å². The molecular formula is C28H43NO7. The molecule has 0 aromatic rings. The molecule has 0 unspecified atom stereocenters. The minimum Gasteiger partial charge on any atom is -0.457 e. The molecule has 1 saturated heterocycles. The quantitative estimate of drug-likeness (QED) is 0.244. The fraction of sp³-hybridized carbons (Fsp3) is 0.679. The molecule has 0 aliphatic carbocycles. The molecule has 1 fully saturated rings. The lowest BCUT2D eigenvalue weighted by Crippen LogP contribution is -2.42. The fourth-order valence-corrected chi connectivity index (χ4v) is 4.14. The van der Waals surface area contributed by atoms with Gasteiger partial charge in [0.15, 0.2) is 0 Å². The summed E-state index contributed by atoms with van der Waals surface area (Å²) in [6, 6.07) is 0. The van der Waals surface area contributed by atoms with E-state index in [1.165, 1.54) is 6.92 Å². The standard InChI is InChI=1S/C28H43NO7/c1-19-13-14-28(6,33)24(35-23(5)30)12-11-22(4)26(36-25(31)17-19)21(3)10-7-9-20(2)18-34-27(32)29-15-8-16-29/h7,9-12,19-20,22,24,26,33H,8,13-18H2,1-6H3/b9-7+,12-11+,21-10+/t19-,20-,22+,24+,26-,28-/m1/s1. The van der Waals surface area contributed by atoms with Crippen molar-refractivity contribution >= 4 is 18.0 Å². The Bertz CT molecular complexity index is 856. The number of cyclic esters (lactones) is 1. The Labute approximate surface area is 215 Å². The number of carbonyl (C=O) groups excluding carboxylic acids is 3. The molecule has 8 heteroatoms. The Kier molecular flexibility index (Phi) is 11.2. The van der Waals surface area contributed by atoms with E-state index in [2.05, 4.69) is 0 Å². The molecule has 2 aliphatic heterocycles. The van der Waals surface area contributed by atoms with E-state index in [1.807, 2.05) is 52.0 Å². The molecule has 6 atom stereocenters. The smallest absolute Gasteiger partial charge is 0.409 e. The fourth-order valence-electron chi connectivity index (χ4n) is 4.14. The monoisotopic (exact) mass is 505 g/mol. The first-order valence-corrected chi connectivity index (χ1v) is 12.9. The highest BCUT2D eigenvalue weighted by Crippen LogP contribution is 2.28. The molecule has 2 aliphatic rings. The summed E-state index contributed by atoms with van der Waals surface area (Å²) < 4.78 is 16.6. The SMILES string of the molecule is CC(=O)O[C@H]1/C=C/[C@H](C)[C@@H](/C(C)=C/C=C/[C@@H](C)COC(=O)N2CCC2)OC(=O)C[C@H](C)CC[C@@]1(C)O. The Morgan fingerprint density at radius 2 is 1.97 bits per heavy atom. The molecule has 36 heavy (non-hydrogen) atoms. The molecular weight excluding hydrogens is 462 g/mol. The largest absolute Gasteiger partial charge is 0.457 e. The summed E-state index contributed by atoms with van der Waals surface area (Å²) in [4.78, 5) is 37.9. The number of amides is 1. The number of rotatable bonds is 6. The van der Waals surface area contributed by atoms with Gasteiger partial charge < -0.3 is 24.2 Å². The molecule has 0 saturated carbocycles. The summed E-state index contributed by atoms with van der Waals surface area (Å²) in [5, 5.41) is 11.0. The summed E-state index contributed by atoms with van der Waals surface area (Å²) >= 11 is 0. The van der Waals surface area contributed by atoms with Crippen molar-refractivity contribution < 1.29 is 33.7 Å². The van der Waals surface area contributed by atoms with Crippen LogP contribution in [0.25, 0.3) is 0 Å². The first-order valence-electron chi connectivity index (χ1n) is 12.9. The zero-order valence-electron chi connectivity index (χ0n) is 22.6. The van der Waals surface area contributed by atoms with Crippen molar-refractivity contribution in [2.24, 2.45) is 17.8 Å². The van der Waals surface area contributed by atoms with E-state index < -0.39 is 23.8 Å². The van der Waals surface area contributed by atoms with Crippen LogP contribution in [0, 0.1) is 17.8 Å². The molecule has 0 aromatic carbocycles. The number of esters is 2. The molecule has 202 valence electrons. The van der Waals surface area contributed by atoms with Crippen molar-refractivity contribution in [3.8, 4) is 0 Å². The van der Waals surface area contributed by atoms with Gasteiger partial charge in [0.25, 0.3) is 0 Å². The van der Waals surface area contributed by atoms with Crippen LogP contribution in [0.3, 0.4) is 0 Å². The third kappa shape index (κ3) is 9.45. The second kappa shape index (κ2) is 13.6. The van der Waals surface area contributed by atoms with Crippen LogP contribution in [-0.4, -0.2) is 65.5 Å². The molecule has 0 spiro atoms. The van der Waals surface area contributed by atoms with Crippen molar-refractivity contribution in [3.05, 3.63) is 36.0 Å². The van der Waals surface area contributed by atoms with Crippen molar-refractivity contribution in [1.29, 1.82) is 0 Å². The van der Waals surface area contributed by atoms with Crippen LogP contribution >= 0.6 is 0 Å². The van der Waals surface area contributed by atoms with Gasteiger partial charge in [0.05, 0.1) is 6.61 Å². The number of hydrogen-bond acceptors (Lipinski definition) is 7. The van der Waals surface area contributed by atoms with Crippen LogP contribution in [0.15, 0.2) is 36.0 Å². The van der Waals surface area contributed by atoms with E-state index in [0.29, 0.717) is 19.4 Å². The van der Waals surface area contributed by atoms with Gasteiger partial charge in [-0.1, -0.05) is 45.1 Å². The molecule has 2 rings (SSSR count). The first kappa shape index (κ1) is 29.6. The van der Waals surface area contributed by atoms with Crippen molar-refractivity contribution in [3.63, 3.8) is 0 Å². The number of likely N-dealkylation sites (tertiary alicyclic amines) is 1. The van der Waals surface area contributed by atoms with Crippen LogP contribution in [0.5, 0.6) is 0 Å². The molecule has 1 amide bonds. The zero-order chi connectivity index (χ0) is 26.9. The second-order valence-corrected chi connectivity index (χ2v) is 10.6. The van der Waals surface area contributed by atoms with Crippen LogP contribution in [0.1, 0.15) is 67.2 Å². The average Bonchev–Trinajstić information content (AvgIpc) is 2.75. The van der Waals surface area contributed by atoms with Gasteiger partial charge in [0, 0.05) is 38.3 Å². The number of ether oxygens (including phenoxy) is 3. The molecule has 2 heterocycles. The van der Waals surface area contributed by atoms with E-state index in [0.717, 1.165) is 25.1 Å². The van der Waals surface area contributed by atoms with Crippen molar-refractivity contribution in [1.82, 2.24) is 4.90 Å². The maximum Gasteiger partial charge on any atom is 0.409 e. The Morgan fingerprint density at radius 3 is 2.58 bits per heavy atom. The zero-order valence-corrected chi connectivity index (χ0v) is 22.6. The van der Waals surface area contributed by atoms with Gasteiger partial charge in [-0.05, 0) is 50.7 Å². The number of aliphatic hydroxyl groups is 1. The van der Waals surface area contributed by atoms with Gasteiger partial charge in [-0.25, -0.2) is 4.79 Å². The number of allylic oxidation sites excluding steroid dienone is 2. The highest BCUT2D eigenvalue weighted by atomic mass is 16.6. The minimum absolute atomic E-state index is 0.00493. The second-order valence-electron chi connectivity index (χ2n) is 10.6. The lowest BCUT2D eigenvalue weighted by atomic mass is 9.87. The highest BCUT2D eigenvalue weighted by molar-refractivity contribution is 5.70. The van der Waals surface area contributed by atoms with E-state index in [4.69, 9.17) is 14.2 Å². The van der Waals surface area contributed by atoms with Gasteiger partial charge in [-0.15, -0.1) is 0 Å². The topological polar surface area (TPSA) is 102 Å². The van der Waals surface area contributed by atoms with Crippen LogP contribution < -0.4 is 0 Å². The summed E-state index contributed by atoms with van der Waals surface area (Å²) in [5.74, 6) is -0.940.